The zero-order chi connectivity index (χ0) is 16.1. The van der Waals surface area contributed by atoms with Crippen molar-refractivity contribution in [2.45, 2.75) is 44.2 Å². The van der Waals surface area contributed by atoms with Gasteiger partial charge in [0.15, 0.2) is 0 Å². The van der Waals surface area contributed by atoms with E-state index in [-0.39, 0.29) is 18.4 Å². The Hall–Kier alpha value is -1.55. The Bertz CT molecular complexity index is 597. The van der Waals surface area contributed by atoms with Crippen molar-refractivity contribution < 1.29 is 9.84 Å². The molecule has 0 unspecified atom stereocenters. The predicted octanol–water partition coefficient (Wildman–Crippen LogP) is 4.84. The smallest absolute Gasteiger partial charge is 0.127 e. The third-order valence-electron chi connectivity index (χ3n) is 4.74. The van der Waals surface area contributed by atoms with E-state index in [2.05, 4.69) is 0 Å². The Labute approximate surface area is 150 Å². The van der Waals surface area contributed by atoms with Crippen molar-refractivity contribution in [1.29, 1.82) is 0 Å². The minimum absolute atomic E-state index is 0. The molecule has 4 heteroatoms. The summed E-state index contributed by atoms with van der Waals surface area (Å²) in [7, 11) is 0. The second-order valence-electron chi connectivity index (χ2n) is 6.40. The quantitative estimate of drug-likeness (QED) is 0.813. The lowest BCUT2D eigenvalue weighted by Gasteiger charge is -2.30. The number of ether oxygens (including phenoxy) is 1. The summed E-state index contributed by atoms with van der Waals surface area (Å²) in [5, 5.41) is 10.5. The zero-order valence-electron chi connectivity index (χ0n) is 13.8. The predicted molar refractivity (Wildman–Crippen MR) is 99.7 cm³/mol. The molecule has 3 N–H and O–H groups in total. The Kier molecular flexibility index (Phi) is 7.10. The number of aliphatic hydroxyl groups excluding tert-OH is 1. The van der Waals surface area contributed by atoms with Crippen LogP contribution in [0.5, 0.6) is 11.5 Å². The van der Waals surface area contributed by atoms with E-state index in [9.17, 15) is 5.11 Å². The lowest BCUT2D eigenvalue weighted by molar-refractivity contribution is 0.0618. The van der Waals surface area contributed by atoms with Crippen molar-refractivity contribution >= 4 is 12.4 Å². The van der Waals surface area contributed by atoms with Gasteiger partial charge in [-0.2, -0.15) is 0 Å². The molecule has 0 aromatic heterocycles. The number of benzene rings is 2. The van der Waals surface area contributed by atoms with Gasteiger partial charge in [-0.05, 0) is 48.6 Å². The molecule has 0 heterocycles. The Morgan fingerprint density at radius 3 is 2.08 bits per heavy atom. The molecule has 0 saturated heterocycles. The van der Waals surface area contributed by atoms with Crippen LogP contribution in [0.2, 0.25) is 0 Å². The number of nitrogens with two attached hydrogens (primary N) is 1. The van der Waals surface area contributed by atoms with Crippen LogP contribution in [0.3, 0.4) is 0 Å². The van der Waals surface area contributed by atoms with Gasteiger partial charge in [-0.15, -0.1) is 12.4 Å². The first-order valence-corrected chi connectivity index (χ1v) is 8.50. The highest BCUT2D eigenvalue weighted by molar-refractivity contribution is 5.85. The molecule has 1 fully saturated rings. The molecule has 0 bridgehead atoms. The fourth-order valence-corrected chi connectivity index (χ4v) is 3.35. The molecule has 3 rings (SSSR count). The molecule has 1 aliphatic carbocycles. The number of aliphatic hydroxyl groups is 1. The number of para-hydroxylation sites is 1. The summed E-state index contributed by atoms with van der Waals surface area (Å²) in [5.41, 5.74) is 7.24. The van der Waals surface area contributed by atoms with E-state index in [0.29, 0.717) is 5.92 Å². The van der Waals surface area contributed by atoms with Crippen LogP contribution in [-0.4, -0.2) is 11.2 Å². The standard InChI is InChI=1S/C20H25NO2.ClH/c21-19(20(22)16-7-3-1-4-8-16)15-11-13-18(14-12-15)23-17-9-5-2-6-10-17;/h2,5-6,9-14,16,19-20,22H,1,3-4,7-8,21H2;1H/t19-,20+;/m1./s1. The Morgan fingerprint density at radius 1 is 0.875 bits per heavy atom. The monoisotopic (exact) mass is 347 g/mol. The number of hydrogen-bond donors (Lipinski definition) is 2. The fourth-order valence-electron chi connectivity index (χ4n) is 3.35. The average molecular weight is 348 g/mol. The Morgan fingerprint density at radius 2 is 1.46 bits per heavy atom. The van der Waals surface area contributed by atoms with Crippen LogP contribution in [0.4, 0.5) is 0 Å². The van der Waals surface area contributed by atoms with Gasteiger partial charge in [0.2, 0.25) is 0 Å². The van der Waals surface area contributed by atoms with Gasteiger partial charge in [-0.1, -0.05) is 49.6 Å². The van der Waals surface area contributed by atoms with E-state index in [1.54, 1.807) is 0 Å². The van der Waals surface area contributed by atoms with E-state index in [1.807, 2.05) is 54.6 Å². The van der Waals surface area contributed by atoms with Gasteiger partial charge < -0.3 is 15.6 Å². The topological polar surface area (TPSA) is 55.5 Å². The van der Waals surface area contributed by atoms with Crippen LogP contribution in [-0.2, 0) is 0 Å². The maximum atomic E-state index is 10.5. The van der Waals surface area contributed by atoms with E-state index >= 15 is 0 Å². The first-order valence-electron chi connectivity index (χ1n) is 8.50. The molecule has 0 radical (unpaired) electrons. The van der Waals surface area contributed by atoms with Crippen LogP contribution < -0.4 is 10.5 Å². The third kappa shape index (κ3) is 4.73. The molecule has 2 atom stereocenters. The second-order valence-corrected chi connectivity index (χ2v) is 6.40. The molecule has 2 aromatic carbocycles. The van der Waals surface area contributed by atoms with Gasteiger partial charge >= 0.3 is 0 Å². The summed E-state index contributed by atoms with van der Waals surface area (Å²) < 4.78 is 5.79. The van der Waals surface area contributed by atoms with Crippen LogP contribution in [0, 0.1) is 5.92 Å². The maximum absolute atomic E-state index is 10.5. The fraction of sp³-hybridized carbons (Fsp3) is 0.400. The maximum Gasteiger partial charge on any atom is 0.127 e. The summed E-state index contributed by atoms with van der Waals surface area (Å²) >= 11 is 0. The minimum Gasteiger partial charge on any atom is -0.457 e. The highest BCUT2D eigenvalue weighted by Gasteiger charge is 2.27. The van der Waals surface area contributed by atoms with E-state index in [4.69, 9.17) is 10.5 Å². The van der Waals surface area contributed by atoms with Crippen molar-refractivity contribution in [3.05, 3.63) is 60.2 Å². The normalized spacial score (nSPS) is 17.6. The van der Waals surface area contributed by atoms with Crippen LogP contribution in [0.15, 0.2) is 54.6 Å². The first-order chi connectivity index (χ1) is 11.2. The molecule has 1 aliphatic rings. The van der Waals surface area contributed by atoms with Gasteiger partial charge in [0.05, 0.1) is 12.1 Å². The summed E-state index contributed by atoms with van der Waals surface area (Å²) in [6.07, 6.45) is 5.41. The highest BCUT2D eigenvalue weighted by atomic mass is 35.5. The lowest BCUT2D eigenvalue weighted by Crippen LogP contribution is -2.34. The van der Waals surface area contributed by atoms with Crippen molar-refractivity contribution in [3.8, 4) is 11.5 Å². The summed E-state index contributed by atoms with van der Waals surface area (Å²) in [6, 6.07) is 17.1. The third-order valence-corrected chi connectivity index (χ3v) is 4.74. The van der Waals surface area contributed by atoms with Crippen molar-refractivity contribution in [2.24, 2.45) is 11.7 Å². The van der Waals surface area contributed by atoms with Crippen LogP contribution in [0.25, 0.3) is 0 Å². The molecule has 3 nitrogen and oxygen atoms in total. The first kappa shape index (κ1) is 18.8. The van der Waals surface area contributed by atoms with Gasteiger partial charge in [0, 0.05) is 0 Å². The summed E-state index contributed by atoms with van der Waals surface area (Å²) in [6.45, 7) is 0. The number of halogens is 1. The summed E-state index contributed by atoms with van der Waals surface area (Å²) in [4.78, 5) is 0. The Balaban J connectivity index is 0.00000208. The second kappa shape index (κ2) is 9.07. The van der Waals surface area contributed by atoms with Crippen LogP contribution in [0.1, 0.15) is 43.7 Å². The number of hydrogen-bond acceptors (Lipinski definition) is 3. The van der Waals surface area contributed by atoms with Crippen LogP contribution >= 0.6 is 12.4 Å². The van der Waals surface area contributed by atoms with E-state index in [0.717, 1.165) is 29.9 Å². The number of rotatable bonds is 5. The van der Waals surface area contributed by atoms with E-state index < -0.39 is 6.10 Å². The highest BCUT2D eigenvalue weighted by Crippen LogP contribution is 2.32. The molecule has 0 aliphatic heterocycles. The molecule has 0 amide bonds. The van der Waals surface area contributed by atoms with Gasteiger partial charge in [0.1, 0.15) is 11.5 Å². The largest absolute Gasteiger partial charge is 0.457 e. The zero-order valence-corrected chi connectivity index (χ0v) is 14.6. The van der Waals surface area contributed by atoms with Crippen molar-refractivity contribution in [3.63, 3.8) is 0 Å². The van der Waals surface area contributed by atoms with Gasteiger partial charge in [0.25, 0.3) is 0 Å². The lowest BCUT2D eigenvalue weighted by atomic mass is 9.81. The summed E-state index contributed by atoms with van der Waals surface area (Å²) in [5.74, 6) is 1.92. The minimum atomic E-state index is -0.462. The van der Waals surface area contributed by atoms with Gasteiger partial charge in [-0.3, -0.25) is 0 Å². The SMILES string of the molecule is Cl.N[C@H](c1ccc(Oc2ccccc2)cc1)[C@@H](O)C1CCCCC1. The molecule has 24 heavy (non-hydrogen) atoms. The van der Waals surface area contributed by atoms with E-state index in [1.165, 1.54) is 19.3 Å². The average Bonchev–Trinajstić information content (AvgIpc) is 2.63. The molecule has 0 spiro atoms. The van der Waals surface area contributed by atoms with Crippen molar-refractivity contribution in [1.82, 2.24) is 0 Å². The molecular weight excluding hydrogens is 322 g/mol. The molecule has 2 aromatic rings. The molecule has 130 valence electrons. The molecular formula is C20H26ClNO2. The van der Waals surface area contributed by atoms with Crippen molar-refractivity contribution in [2.75, 3.05) is 0 Å². The molecule has 1 saturated carbocycles. The van der Waals surface area contributed by atoms with Gasteiger partial charge in [-0.25, -0.2) is 0 Å².